The average molecular weight is 247 g/mol. The van der Waals surface area contributed by atoms with Crippen molar-refractivity contribution in [2.75, 3.05) is 18.5 Å². The summed E-state index contributed by atoms with van der Waals surface area (Å²) in [6, 6.07) is 2.89. The van der Waals surface area contributed by atoms with Crippen LogP contribution in [0.4, 0.5) is 5.69 Å². The number of pyridine rings is 1. The second-order valence-electron chi connectivity index (χ2n) is 5.29. The summed E-state index contributed by atoms with van der Waals surface area (Å²) in [5.41, 5.74) is 2.65. The highest BCUT2D eigenvalue weighted by molar-refractivity contribution is 5.51. The number of aromatic nitrogens is 1. The molecule has 100 valence electrons. The molecule has 1 aliphatic rings. The minimum absolute atomic E-state index is 0.753. The molecular formula is C15H25N3. The SMILES string of the molecule is CCCCCN(C)c1ccncc1CNC1CC1. The van der Waals surface area contributed by atoms with Gasteiger partial charge in [-0.25, -0.2) is 0 Å². The van der Waals surface area contributed by atoms with Gasteiger partial charge in [0, 0.05) is 49.8 Å². The Morgan fingerprint density at radius 3 is 2.94 bits per heavy atom. The molecule has 3 nitrogen and oxygen atoms in total. The molecule has 0 aliphatic heterocycles. The molecule has 1 N–H and O–H groups in total. The van der Waals surface area contributed by atoms with Crippen molar-refractivity contribution in [1.82, 2.24) is 10.3 Å². The van der Waals surface area contributed by atoms with Gasteiger partial charge >= 0.3 is 0 Å². The monoisotopic (exact) mass is 247 g/mol. The van der Waals surface area contributed by atoms with Crippen molar-refractivity contribution in [2.24, 2.45) is 0 Å². The lowest BCUT2D eigenvalue weighted by Gasteiger charge is -2.22. The van der Waals surface area contributed by atoms with Crippen LogP contribution in [0, 0.1) is 0 Å². The van der Waals surface area contributed by atoms with Crippen LogP contribution in [-0.4, -0.2) is 24.6 Å². The quantitative estimate of drug-likeness (QED) is 0.716. The smallest absolute Gasteiger partial charge is 0.0440 e. The van der Waals surface area contributed by atoms with Gasteiger partial charge in [-0.2, -0.15) is 0 Å². The maximum atomic E-state index is 4.26. The number of rotatable bonds is 8. The van der Waals surface area contributed by atoms with Gasteiger partial charge in [0.15, 0.2) is 0 Å². The first kappa shape index (κ1) is 13.3. The van der Waals surface area contributed by atoms with Gasteiger partial charge in [0.2, 0.25) is 0 Å². The highest BCUT2D eigenvalue weighted by Gasteiger charge is 2.20. The minimum atomic E-state index is 0.753. The van der Waals surface area contributed by atoms with Crippen molar-refractivity contribution >= 4 is 5.69 Å². The number of hydrogen-bond acceptors (Lipinski definition) is 3. The molecule has 1 fully saturated rings. The Labute approximate surface area is 111 Å². The van der Waals surface area contributed by atoms with Crippen molar-refractivity contribution in [3.8, 4) is 0 Å². The van der Waals surface area contributed by atoms with E-state index in [9.17, 15) is 0 Å². The van der Waals surface area contributed by atoms with Crippen LogP contribution in [0.5, 0.6) is 0 Å². The first-order valence-corrected chi connectivity index (χ1v) is 7.18. The number of unbranched alkanes of at least 4 members (excludes halogenated alkanes) is 2. The van der Waals surface area contributed by atoms with Gasteiger partial charge in [-0.05, 0) is 25.3 Å². The number of anilines is 1. The van der Waals surface area contributed by atoms with Gasteiger partial charge < -0.3 is 10.2 Å². The van der Waals surface area contributed by atoms with Crippen molar-refractivity contribution < 1.29 is 0 Å². The molecule has 0 bridgehead atoms. The fourth-order valence-electron chi connectivity index (χ4n) is 2.19. The summed E-state index contributed by atoms with van der Waals surface area (Å²) < 4.78 is 0. The molecule has 0 amide bonds. The number of hydrogen-bond donors (Lipinski definition) is 1. The van der Waals surface area contributed by atoms with E-state index in [-0.39, 0.29) is 0 Å². The second kappa shape index (κ2) is 6.74. The van der Waals surface area contributed by atoms with E-state index in [1.54, 1.807) is 0 Å². The van der Waals surface area contributed by atoms with E-state index in [1.165, 1.54) is 43.4 Å². The summed E-state index contributed by atoms with van der Waals surface area (Å²) in [6.45, 7) is 4.33. The van der Waals surface area contributed by atoms with E-state index in [0.29, 0.717) is 0 Å². The van der Waals surface area contributed by atoms with Crippen molar-refractivity contribution in [3.63, 3.8) is 0 Å². The van der Waals surface area contributed by atoms with E-state index in [1.807, 2.05) is 12.4 Å². The molecule has 1 aromatic rings. The molecule has 1 aliphatic carbocycles. The van der Waals surface area contributed by atoms with E-state index >= 15 is 0 Å². The Morgan fingerprint density at radius 1 is 1.39 bits per heavy atom. The molecule has 1 saturated carbocycles. The van der Waals surface area contributed by atoms with E-state index < -0.39 is 0 Å². The van der Waals surface area contributed by atoms with Crippen molar-refractivity contribution in [1.29, 1.82) is 0 Å². The summed E-state index contributed by atoms with van der Waals surface area (Å²) in [4.78, 5) is 6.62. The summed E-state index contributed by atoms with van der Waals surface area (Å²) >= 11 is 0. The highest BCUT2D eigenvalue weighted by atomic mass is 15.1. The number of nitrogens with zero attached hydrogens (tertiary/aromatic N) is 2. The maximum Gasteiger partial charge on any atom is 0.0440 e. The first-order chi connectivity index (χ1) is 8.81. The Hall–Kier alpha value is -1.09. The van der Waals surface area contributed by atoms with Gasteiger partial charge in [0.1, 0.15) is 0 Å². The van der Waals surface area contributed by atoms with Crippen LogP contribution in [0.25, 0.3) is 0 Å². The van der Waals surface area contributed by atoms with Gasteiger partial charge in [-0.3, -0.25) is 4.98 Å². The lowest BCUT2D eigenvalue weighted by atomic mass is 10.2. The zero-order valence-corrected chi connectivity index (χ0v) is 11.7. The van der Waals surface area contributed by atoms with Crippen LogP contribution in [0.3, 0.4) is 0 Å². The van der Waals surface area contributed by atoms with Crippen molar-refractivity contribution in [2.45, 2.75) is 51.6 Å². The molecule has 2 rings (SSSR count). The predicted octanol–water partition coefficient (Wildman–Crippen LogP) is 2.96. The van der Waals surface area contributed by atoms with Crippen LogP contribution >= 0.6 is 0 Å². The van der Waals surface area contributed by atoms with Crippen LogP contribution < -0.4 is 10.2 Å². The van der Waals surface area contributed by atoms with Crippen LogP contribution in [-0.2, 0) is 6.54 Å². The third-order valence-electron chi connectivity index (χ3n) is 3.54. The largest absolute Gasteiger partial charge is 0.374 e. The lowest BCUT2D eigenvalue weighted by molar-refractivity contribution is 0.676. The fraction of sp³-hybridized carbons (Fsp3) is 0.667. The molecule has 18 heavy (non-hydrogen) atoms. The van der Waals surface area contributed by atoms with Gasteiger partial charge in [-0.1, -0.05) is 19.8 Å². The molecule has 0 spiro atoms. The van der Waals surface area contributed by atoms with Crippen LogP contribution in [0.2, 0.25) is 0 Å². The standard InChI is InChI=1S/C15H25N3/c1-3-4-5-10-18(2)15-8-9-16-11-13(15)12-17-14-6-7-14/h8-9,11,14,17H,3-7,10,12H2,1-2H3. The predicted molar refractivity (Wildman–Crippen MR) is 76.9 cm³/mol. The highest BCUT2D eigenvalue weighted by Crippen LogP contribution is 2.22. The van der Waals surface area contributed by atoms with E-state index in [0.717, 1.165) is 19.1 Å². The molecule has 0 aromatic carbocycles. The molecule has 0 radical (unpaired) electrons. The van der Waals surface area contributed by atoms with Crippen LogP contribution in [0.1, 0.15) is 44.6 Å². The molecule has 0 unspecified atom stereocenters. The summed E-state index contributed by atoms with van der Waals surface area (Å²) in [5, 5.41) is 3.57. The number of nitrogens with one attached hydrogen (secondary N) is 1. The molecule has 1 heterocycles. The van der Waals surface area contributed by atoms with Crippen molar-refractivity contribution in [3.05, 3.63) is 24.0 Å². The summed E-state index contributed by atoms with van der Waals surface area (Å²) in [5.74, 6) is 0. The normalized spacial score (nSPS) is 14.8. The molecule has 0 saturated heterocycles. The molecule has 1 aromatic heterocycles. The first-order valence-electron chi connectivity index (χ1n) is 7.18. The minimum Gasteiger partial charge on any atom is -0.374 e. The lowest BCUT2D eigenvalue weighted by Crippen LogP contribution is -2.23. The third-order valence-corrected chi connectivity index (χ3v) is 3.54. The van der Waals surface area contributed by atoms with Gasteiger partial charge in [0.05, 0.1) is 0 Å². The van der Waals surface area contributed by atoms with E-state index in [4.69, 9.17) is 0 Å². The van der Waals surface area contributed by atoms with E-state index in [2.05, 4.69) is 35.2 Å². The second-order valence-corrected chi connectivity index (χ2v) is 5.29. The molecule has 3 heteroatoms. The Morgan fingerprint density at radius 2 is 2.22 bits per heavy atom. The fourth-order valence-corrected chi connectivity index (χ4v) is 2.19. The third kappa shape index (κ3) is 3.98. The Balaban J connectivity index is 1.91. The molecular weight excluding hydrogens is 222 g/mol. The summed E-state index contributed by atoms with van der Waals surface area (Å²) in [7, 11) is 2.19. The average Bonchev–Trinajstić information content (AvgIpc) is 3.21. The molecule has 0 atom stereocenters. The topological polar surface area (TPSA) is 28.2 Å². The summed E-state index contributed by atoms with van der Waals surface area (Å²) in [6.07, 6.45) is 10.4. The van der Waals surface area contributed by atoms with Gasteiger partial charge in [0.25, 0.3) is 0 Å². The Bertz CT molecular complexity index is 361. The zero-order chi connectivity index (χ0) is 12.8. The van der Waals surface area contributed by atoms with Gasteiger partial charge in [-0.15, -0.1) is 0 Å². The van der Waals surface area contributed by atoms with Crippen LogP contribution in [0.15, 0.2) is 18.5 Å². The Kier molecular flexibility index (Phi) is 5.00. The maximum absolute atomic E-state index is 4.26. The zero-order valence-electron chi connectivity index (χ0n) is 11.7.